The molecule has 0 atom stereocenters. The summed E-state index contributed by atoms with van der Waals surface area (Å²) in [5.41, 5.74) is 0.374. The van der Waals surface area contributed by atoms with E-state index < -0.39 is 21.7 Å². The van der Waals surface area contributed by atoms with Gasteiger partial charge in [0.25, 0.3) is 0 Å². The van der Waals surface area contributed by atoms with Crippen molar-refractivity contribution in [1.82, 2.24) is 9.21 Å². The number of hydrogen-bond donors (Lipinski definition) is 0. The molecule has 0 bridgehead atoms. The number of halogens is 1. The van der Waals surface area contributed by atoms with E-state index in [1.165, 1.54) is 31.1 Å². The maximum absolute atomic E-state index is 13.8. The summed E-state index contributed by atoms with van der Waals surface area (Å²) >= 11 is 0. The Morgan fingerprint density at radius 1 is 0.929 bits per heavy atom. The van der Waals surface area contributed by atoms with Gasteiger partial charge in [0, 0.05) is 26.2 Å². The second kappa shape index (κ2) is 8.08. The van der Waals surface area contributed by atoms with E-state index in [2.05, 4.69) is 0 Å². The highest BCUT2D eigenvalue weighted by molar-refractivity contribution is 7.89. The summed E-state index contributed by atoms with van der Waals surface area (Å²) in [7, 11) is -0.949. The number of carbonyl (C=O) groups excluding carboxylic acids is 1. The summed E-state index contributed by atoms with van der Waals surface area (Å²) in [5.74, 6) is -0.825. The van der Waals surface area contributed by atoms with Crippen LogP contribution >= 0.6 is 0 Å². The van der Waals surface area contributed by atoms with Crippen LogP contribution in [0.3, 0.4) is 0 Å². The minimum absolute atomic E-state index is 0.0649. The standard InChI is InChI=1S/C21H21FN2O3S/c1-23(14-18-9-5-6-10-20(18)22)21(25)15-24(2)28(26,27)19-12-11-16-7-3-4-8-17(16)13-19/h3-13H,14-15H2,1-2H3. The van der Waals surface area contributed by atoms with Gasteiger partial charge in [-0.1, -0.05) is 48.5 Å². The minimum atomic E-state index is -3.83. The van der Waals surface area contributed by atoms with Crippen LogP contribution in [0.25, 0.3) is 10.8 Å². The van der Waals surface area contributed by atoms with Crippen LogP contribution in [0.2, 0.25) is 0 Å². The molecule has 0 radical (unpaired) electrons. The molecule has 5 nitrogen and oxygen atoms in total. The molecule has 0 fully saturated rings. The van der Waals surface area contributed by atoms with Gasteiger partial charge >= 0.3 is 0 Å². The van der Waals surface area contributed by atoms with Crippen molar-refractivity contribution in [3.05, 3.63) is 78.1 Å². The summed E-state index contributed by atoms with van der Waals surface area (Å²) in [5, 5.41) is 1.74. The summed E-state index contributed by atoms with van der Waals surface area (Å²) in [6.07, 6.45) is 0. The van der Waals surface area contributed by atoms with Crippen LogP contribution < -0.4 is 0 Å². The van der Waals surface area contributed by atoms with E-state index in [0.717, 1.165) is 15.1 Å². The van der Waals surface area contributed by atoms with Crippen molar-refractivity contribution in [3.63, 3.8) is 0 Å². The molecule has 3 aromatic rings. The van der Waals surface area contributed by atoms with Crippen molar-refractivity contribution in [1.29, 1.82) is 0 Å². The fraction of sp³-hybridized carbons (Fsp3) is 0.190. The quantitative estimate of drug-likeness (QED) is 0.638. The lowest BCUT2D eigenvalue weighted by Crippen LogP contribution is -2.39. The zero-order valence-electron chi connectivity index (χ0n) is 15.7. The molecule has 3 rings (SSSR count). The molecule has 0 N–H and O–H groups in total. The van der Waals surface area contributed by atoms with Crippen LogP contribution in [0.5, 0.6) is 0 Å². The predicted octanol–water partition coefficient (Wildman–Crippen LogP) is 3.26. The Morgan fingerprint density at radius 2 is 1.57 bits per heavy atom. The lowest BCUT2D eigenvalue weighted by Gasteiger charge is -2.22. The average molecular weight is 400 g/mol. The van der Waals surface area contributed by atoms with Gasteiger partial charge in [0.2, 0.25) is 15.9 Å². The van der Waals surface area contributed by atoms with Crippen molar-refractivity contribution >= 4 is 26.7 Å². The molecule has 3 aromatic carbocycles. The monoisotopic (exact) mass is 400 g/mol. The Morgan fingerprint density at radius 3 is 2.29 bits per heavy atom. The van der Waals surface area contributed by atoms with Crippen LogP contribution in [0, 0.1) is 5.82 Å². The van der Waals surface area contributed by atoms with E-state index in [0.29, 0.717) is 5.56 Å². The number of rotatable bonds is 6. The van der Waals surface area contributed by atoms with Gasteiger partial charge in [-0.25, -0.2) is 12.8 Å². The second-order valence-corrected chi connectivity index (χ2v) is 8.66. The molecule has 0 aliphatic rings. The fourth-order valence-corrected chi connectivity index (χ4v) is 4.03. The predicted molar refractivity (Wildman–Crippen MR) is 107 cm³/mol. The van der Waals surface area contributed by atoms with Crippen molar-refractivity contribution < 1.29 is 17.6 Å². The summed E-state index contributed by atoms with van der Waals surface area (Å²) in [6.45, 7) is -0.268. The maximum Gasteiger partial charge on any atom is 0.243 e. The Balaban J connectivity index is 1.73. The molecular weight excluding hydrogens is 379 g/mol. The SMILES string of the molecule is CN(Cc1ccccc1F)C(=O)CN(C)S(=O)(=O)c1ccc2ccccc2c1. The highest BCUT2D eigenvalue weighted by atomic mass is 32.2. The maximum atomic E-state index is 13.8. The molecular formula is C21H21FN2O3S. The zero-order valence-corrected chi connectivity index (χ0v) is 16.5. The van der Waals surface area contributed by atoms with E-state index in [1.54, 1.807) is 30.3 Å². The second-order valence-electron chi connectivity index (χ2n) is 6.61. The zero-order chi connectivity index (χ0) is 20.3. The number of sulfonamides is 1. The molecule has 7 heteroatoms. The molecule has 0 aromatic heterocycles. The number of likely N-dealkylation sites (N-methyl/N-ethyl adjacent to an activating group) is 2. The number of carbonyl (C=O) groups is 1. The first-order valence-corrected chi connectivity index (χ1v) is 10.2. The molecule has 0 spiro atoms. The Hall–Kier alpha value is -2.77. The third-order valence-corrected chi connectivity index (χ3v) is 6.38. The Bertz CT molecular complexity index is 1120. The number of fused-ring (bicyclic) bond motifs is 1. The molecule has 146 valence electrons. The van der Waals surface area contributed by atoms with Crippen molar-refractivity contribution in [2.75, 3.05) is 20.6 Å². The van der Waals surface area contributed by atoms with E-state index >= 15 is 0 Å². The number of nitrogens with zero attached hydrogens (tertiary/aromatic N) is 2. The van der Waals surface area contributed by atoms with Gasteiger partial charge in [-0.3, -0.25) is 4.79 Å². The van der Waals surface area contributed by atoms with Crippen LogP contribution in [-0.2, 0) is 21.4 Å². The summed E-state index contributed by atoms with van der Waals surface area (Å²) in [6, 6.07) is 18.5. The van der Waals surface area contributed by atoms with Gasteiger partial charge in [0.05, 0.1) is 11.4 Å². The molecule has 0 unspecified atom stereocenters. The van der Waals surface area contributed by atoms with Gasteiger partial charge in [-0.15, -0.1) is 0 Å². The first-order valence-electron chi connectivity index (χ1n) is 8.71. The Kier molecular flexibility index (Phi) is 5.76. The van der Waals surface area contributed by atoms with Crippen LogP contribution in [0.15, 0.2) is 71.6 Å². The molecule has 0 aliphatic heterocycles. The number of benzene rings is 3. The highest BCUT2D eigenvalue weighted by Gasteiger charge is 2.24. The van der Waals surface area contributed by atoms with E-state index in [1.807, 2.05) is 24.3 Å². The smallest absolute Gasteiger partial charge is 0.243 e. The van der Waals surface area contributed by atoms with Crippen LogP contribution in [0.4, 0.5) is 4.39 Å². The van der Waals surface area contributed by atoms with Crippen LogP contribution in [-0.4, -0.2) is 44.2 Å². The fourth-order valence-electron chi connectivity index (χ4n) is 2.87. The van der Waals surface area contributed by atoms with Crippen LogP contribution in [0.1, 0.15) is 5.56 Å². The molecule has 0 saturated carbocycles. The minimum Gasteiger partial charge on any atom is -0.340 e. The largest absolute Gasteiger partial charge is 0.340 e. The molecule has 0 heterocycles. The molecule has 28 heavy (non-hydrogen) atoms. The Labute approximate surface area is 164 Å². The summed E-state index contributed by atoms with van der Waals surface area (Å²) < 4.78 is 40.5. The third kappa shape index (κ3) is 4.21. The topological polar surface area (TPSA) is 57.7 Å². The number of hydrogen-bond acceptors (Lipinski definition) is 3. The third-order valence-electron chi connectivity index (χ3n) is 4.58. The van der Waals surface area contributed by atoms with Gasteiger partial charge in [-0.2, -0.15) is 4.31 Å². The normalized spacial score (nSPS) is 11.7. The van der Waals surface area contributed by atoms with E-state index in [9.17, 15) is 17.6 Å². The van der Waals surface area contributed by atoms with Crippen molar-refractivity contribution in [2.45, 2.75) is 11.4 Å². The van der Waals surface area contributed by atoms with Crippen molar-refractivity contribution in [2.24, 2.45) is 0 Å². The molecule has 0 saturated heterocycles. The van der Waals surface area contributed by atoms with Crippen molar-refractivity contribution in [3.8, 4) is 0 Å². The van der Waals surface area contributed by atoms with Gasteiger partial charge in [-0.05, 0) is 29.0 Å². The molecule has 1 amide bonds. The van der Waals surface area contributed by atoms with Gasteiger partial charge in [0.15, 0.2) is 0 Å². The first kappa shape index (κ1) is 20.0. The van der Waals surface area contributed by atoms with E-state index in [-0.39, 0.29) is 18.0 Å². The molecule has 0 aliphatic carbocycles. The van der Waals surface area contributed by atoms with Gasteiger partial charge in [0.1, 0.15) is 5.82 Å². The summed E-state index contributed by atoms with van der Waals surface area (Å²) in [4.78, 5) is 13.9. The average Bonchev–Trinajstić information content (AvgIpc) is 2.69. The van der Waals surface area contributed by atoms with Gasteiger partial charge < -0.3 is 4.90 Å². The number of amides is 1. The van der Waals surface area contributed by atoms with E-state index in [4.69, 9.17) is 0 Å². The lowest BCUT2D eigenvalue weighted by molar-refractivity contribution is -0.130. The lowest BCUT2D eigenvalue weighted by atomic mass is 10.1. The first-order chi connectivity index (χ1) is 13.3. The highest BCUT2D eigenvalue weighted by Crippen LogP contribution is 2.21.